The Hall–Kier alpha value is -0.580. The summed E-state index contributed by atoms with van der Waals surface area (Å²) in [4.78, 5) is 22.3. The maximum absolute atomic E-state index is 13.0. The van der Waals surface area contributed by atoms with Gasteiger partial charge < -0.3 is 24.1 Å². The van der Waals surface area contributed by atoms with Crippen molar-refractivity contribution < 1.29 is 41.9 Å². The van der Waals surface area contributed by atoms with Gasteiger partial charge in [0, 0.05) is 0 Å². The summed E-state index contributed by atoms with van der Waals surface area (Å²) in [5, 5.41) is 13.0. The molecule has 0 aromatic rings. The van der Waals surface area contributed by atoms with Crippen LogP contribution in [0.2, 0.25) is 0 Å². The lowest BCUT2D eigenvalue weighted by Gasteiger charge is -2.43. The fraction of sp³-hybridized carbons (Fsp3) is 0.966. The Balaban J connectivity index is 2.06. The van der Waals surface area contributed by atoms with E-state index in [1.165, 1.54) is 83.5 Å². The molecule has 3 unspecified atom stereocenters. The molecule has 0 spiro atoms. The second-order valence-corrected chi connectivity index (χ2v) is 13.8. The Morgan fingerprint density at radius 3 is 1.88 bits per heavy atom. The van der Waals surface area contributed by atoms with Gasteiger partial charge in [0.2, 0.25) is 0 Å². The van der Waals surface area contributed by atoms with Gasteiger partial charge >= 0.3 is 13.9 Å². The predicted molar refractivity (Wildman–Crippen MR) is 159 cm³/mol. The lowest BCUT2D eigenvalue weighted by Crippen LogP contribution is -2.58. The molecule has 1 saturated heterocycles. The molecule has 1 amide bonds. The average Bonchev–Trinajstić information content (AvgIpc) is 2.88. The van der Waals surface area contributed by atoms with E-state index in [1.807, 2.05) is 21.1 Å². The van der Waals surface area contributed by atoms with Crippen LogP contribution < -0.4 is 0 Å². The van der Waals surface area contributed by atoms with E-state index < -0.39 is 24.7 Å². The van der Waals surface area contributed by atoms with Crippen molar-refractivity contribution in [3.8, 4) is 0 Å². The maximum Gasteiger partial charge on any atom is 0.516 e. The normalized spacial score (nSPS) is 21.3. The first kappa shape index (κ1) is 37.4. The monoisotopic (exact) mass is 595 g/mol. The molecule has 1 N–H and O–H groups in total. The number of unbranched alkanes of at least 4 members (excludes halogenated alkanes) is 15. The molecule has 1 rings (SSSR count). The number of carbonyl (C=O) groups excluding carboxylic acids is 1. The Morgan fingerprint density at radius 1 is 0.875 bits per heavy atom. The molecule has 1 fully saturated rings. The summed E-state index contributed by atoms with van der Waals surface area (Å²) in [6, 6.07) is 0. The summed E-state index contributed by atoms with van der Waals surface area (Å²) in [6.45, 7) is 2.53. The number of carbonyl (C=O) groups is 1. The molecule has 1 aliphatic rings. The van der Waals surface area contributed by atoms with Crippen LogP contribution in [0.4, 0.5) is 4.79 Å². The fourth-order valence-electron chi connectivity index (χ4n) is 4.68. The Kier molecular flexibility index (Phi) is 19.8. The second kappa shape index (κ2) is 21.2. The van der Waals surface area contributed by atoms with Crippen molar-refractivity contribution in [2.75, 3.05) is 67.2 Å². The smallest absolute Gasteiger partial charge is 0.516 e. The van der Waals surface area contributed by atoms with Gasteiger partial charge in [0.05, 0.1) is 41.0 Å². The zero-order valence-corrected chi connectivity index (χ0v) is 26.9. The number of morpholine rings is 1. The van der Waals surface area contributed by atoms with Gasteiger partial charge in [-0.05, 0) is 6.42 Å². The lowest BCUT2D eigenvalue weighted by atomic mass is 10.0. The maximum atomic E-state index is 13.0. The van der Waals surface area contributed by atoms with Crippen molar-refractivity contribution in [3.05, 3.63) is 5.21 Å². The molecule has 3 atom stereocenters. The van der Waals surface area contributed by atoms with Crippen LogP contribution in [-0.2, 0) is 23.1 Å². The van der Waals surface area contributed by atoms with Gasteiger partial charge in [0.1, 0.15) is 32.3 Å². The Morgan fingerprint density at radius 2 is 1.38 bits per heavy atom. The third-order valence-corrected chi connectivity index (χ3v) is 8.29. The molecule has 0 saturated carbocycles. The molecule has 238 valence electrons. The van der Waals surface area contributed by atoms with E-state index >= 15 is 0 Å². The molecular weight excluding hydrogens is 535 g/mol. The first-order chi connectivity index (χ1) is 19.0. The number of hydrogen-bond donors (Lipinski definition) is 1. The average molecular weight is 596 g/mol. The topological polar surface area (TPSA) is 114 Å². The molecule has 1 aliphatic heterocycles. The van der Waals surface area contributed by atoms with Gasteiger partial charge in [-0.15, -0.1) is 0 Å². The van der Waals surface area contributed by atoms with Crippen LogP contribution in [-0.4, -0.2) is 93.4 Å². The van der Waals surface area contributed by atoms with E-state index in [9.17, 15) is 19.5 Å². The molecule has 1 heterocycles. The third kappa shape index (κ3) is 19.5. The van der Waals surface area contributed by atoms with Crippen LogP contribution in [0.1, 0.15) is 110 Å². The van der Waals surface area contributed by atoms with Gasteiger partial charge in [-0.3, -0.25) is 13.7 Å². The van der Waals surface area contributed by atoms with Crippen LogP contribution in [0, 0.1) is 5.21 Å². The largest absolute Gasteiger partial charge is 0.622 e. The minimum absolute atomic E-state index is 0.0454. The predicted octanol–water partition coefficient (Wildman–Crippen LogP) is 6.94. The van der Waals surface area contributed by atoms with Gasteiger partial charge in [-0.1, -0.05) is 103 Å². The van der Waals surface area contributed by atoms with Gasteiger partial charge in [0.15, 0.2) is 0 Å². The van der Waals surface area contributed by atoms with E-state index in [0.29, 0.717) is 11.0 Å². The lowest BCUT2D eigenvalue weighted by molar-refractivity contribution is -0.870. The van der Waals surface area contributed by atoms with Gasteiger partial charge in [-0.25, -0.2) is 4.57 Å². The van der Waals surface area contributed by atoms with Crippen LogP contribution in [0.5, 0.6) is 0 Å². The van der Waals surface area contributed by atoms with Crippen LogP contribution in [0.3, 0.4) is 0 Å². The summed E-state index contributed by atoms with van der Waals surface area (Å²) in [6.07, 6.45) is 18.7. The number of nitrogens with zero attached hydrogens (tertiary/aromatic N) is 2. The number of ether oxygens (including phenoxy) is 2. The highest BCUT2D eigenvalue weighted by atomic mass is 31.2. The van der Waals surface area contributed by atoms with Crippen molar-refractivity contribution in [3.63, 3.8) is 0 Å². The number of phosphoric ester groups is 1. The first-order valence-corrected chi connectivity index (χ1v) is 17.3. The number of likely N-dealkylation sites (N-methyl/N-ethyl adjacent to an activating group) is 1. The molecule has 0 aliphatic carbocycles. The van der Waals surface area contributed by atoms with Crippen LogP contribution >= 0.6 is 7.82 Å². The summed E-state index contributed by atoms with van der Waals surface area (Å²) >= 11 is 0. The standard InChI is InChI=1S/C29H59N2O8P/c1-5-6-7-8-9-10-11-12-13-14-15-16-17-18-19-20-23-37-29(32)31(33)22-24-36-28(26-31)27-39-40(34,35)38-25-21-30(2,3)4/h28H,5-27H2,1-4H3/p+1. The Labute approximate surface area is 244 Å². The number of phosphoric acid groups is 1. The number of hydroxylamine groups is 3. The summed E-state index contributed by atoms with van der Waals surface area (Å²) in [5.41, 5.74) is 0. The van der Waals surface area contributed by atoms with E-state index in [2.05, 4.69) is 6.92 Å². The van der Waals surface area contributed by atoms with E-state index in [4.69, 9.17) is 18.5 Å². The van der Waals surface area contributed by atoms with E-state index in [-0.39, 0.29) is 39.5 Å². The highest BCUT2D eigenvalue weighted by Gasteiger charge is 2.38. The SMILES string of the molecule is CCCCCCCCCCCCCCCCCCOC(=O)[N+]1([O-])CCOC(COP(=O)(O)OCC[N+](C)(C)C)C1. The van der Waals surface area contributed by atoms with Crippen molar-refractivity contribution >= 4 is 13.9 Å². The highest BCUT2D eigenvalue weighted by molar-refractivity contribution is 7.47. The molecule has 10 nitrogen and oxygen atoms in total. The molecule has 0 aromatic heterocycles. The third-order valence-electron chi connectivity index (χ3n) is 7.30. The van der Waals surface area contributed by atoms with Crippen LogP contribution in [0.15, 0.2) is 0 Å². The number of amides is 1. The van der Waals surface area contributed by atoms with Crippen molar-refractivity contribution in [1.82, 2.24) is 0 Å². The summed E-state index contributed by atoms with van der Waals surface area (Å²) < 4.78 is 32.2. The van der Waals surface area contributed by atoms with Crippen LogP contribution in [0.25, 0.3) is 0 Å². The first-order valence-electron chi connectivity index (χ1n) is 15.8. The highest BCUT2D eigenvalue weighted by Crippen LogP contribution is 2.43. The van der Waals surface area contributed by atoms with Crippen molar-refractivity contribution in [2.24, 2.45) is 0 Å². The second-order valence-electron chi connectivity index (χ2n) is 12.3. The van der Waals surface area contributed by atoms with Crippen molar-refractivity contribution in [2.45, 2.75) is 116 Å². The molecule has 11 heteroatoms. The zero-order valence-electron chi connectivity index (χ0n) is 26.0. The van der Waals surface area contributed by atoms with Gasteiger partial charge in [0.25, 0.3) is 0 Å². The summed E-state index contributed by atoms with van der Waals surface area (Å²) in [5.74, 6) is 0. The Bertz CT molecular complexity index is 706. The van der Waals surface area contributed by atoms with E-state index in [1.54, 1.807) is 0 Å². The number of hydrogen-bond acceptors (Lipinski definition) is 7. The quantitative estimate of drug-likeness (QED) is 0.0553. The molecule has 0 radical (unpaired) electrons. The minimum Gasteiger partial charge on any atom is -0.622 e. The minimum atomic E-state index is -4.27. The molecule has 40 heavy (non-hydrogen) atoms. The van der Waals surface area contributed by atoms with Gasteiger partial charge in [-0.2, -0.15) is 4.79 Å². The van der Waals surface area contributed by atoms with Crippen molar-refractivity contribution in [1.29, 1.82) is 0 Å². The molecule has 0 bridgehead atoms. The zero-order chi connectivity index (χ0) is 29.7. The number of quaternary nitrogens is 2. The molecule has 0 aromatic carbocycles. The summed E-state index contributed by atoms with van der Waals surface area (Å²) in [7, 11) is 1.54. The number of rotatable bonds is 24. The fourth-order valence-corrected chi connectivity index (χ4v) is 5.42. The molecular formula is C29H60N2O8P+. The van der Waals surface area contributed by atoms with E-state index in [0.717, 1.165) is 19.3 Å².